The van der Waals surface area contributed by atoms with Gasteiger partial charge in [-0.2, -0.15) is 0 Å². The van der Waals surface area contributed by atoms with Crippen LogP contribution >= 0.6 is 0 Å². The fourth-order valence-electron chi connectivity index (χ4n) is 2.26. The molecule has 0 aliphatic carbocycles. The lowest BCUT2D eigenvalue weighted by atomic mass is 9.96. The molecule has 19 heavy (non-hydrogen) atoms. The van der Waals surface area contributed by atoms with E-state index in [1.54, 1.807) is 0 Å². The van der Waals surface area contributed by atoms with Crippen molar-refractivity contribution >= 4 is 0 Å². The molecule has 1 heteroatoms. The molecular weight excluding hydrogens is 230 g/mol. The Morgan fingerprint density at radius 3 is 2.26 bits per heavy atom. The molecule has 2 aromatic carbocycles. The van der Waals surface area contributed by atoms with Crippen molar-refractivity contribution in [2.75, 3.05) is 6.54 Å². The van der Waals surface area contributed by atoms with Crippen molar-refractivity contribution in [2.45, 2.75) is 33.2 Å². The van der Waals surface area contributed by atoms with E-state index in [0.717, 1.165) is 13.1 Å². The van der Waals surface area contributed by atoms with Gasteiger partial charge in [0.2, 0.25) is 0 Å². The predicted octanol–water partition coefficient (Wildman–Crippen LogP) is 4.59. The van der Waals surface area contributed by atoms with Crippen molar-refractivity contribution in [3.8, 4) is 11.1 Å². The number of benzene rings is 2. The molecule has 1 nitrogen and oxygen atoms in total. The molecule has 2 aromatic rings. The van der Waals surface area contributed by atoms with Gasteiger partial charge in [-0.25, -0.2) is 0 Å². The van der Waals surface area contributed by atoms with Gasteiger partial charge in [-0.3, -0.25) is 0 Å². The van der Waals surface area contributed by atoms with Gasteiger partial charge in [0, 0.05) is 6.54 Å². The van der Waals surface area contributed by atoms with Crippen molar-refractivity contribution in [1.29, 1.82) is 0 Å². The summed E-state index contributed by atoms with van der Waals surface area (Å²) < 4.78 is 0. The molecule has 0 radical (unpaired) electrons. The Hall–Kier alpha value is -1.60. The lowest BCUT2D eigenvalue weighted by Crippen LogP contribution is -2.12. The van der Waals surface area contributed by atoms with E-state index < -0.39 is 0 Å². The van der Waals surface area contributed by atoms with Crippen LogP contribution in [0.5, 0.6) is 0 Å². The average molecular weight is 253 g/mol. The SMILES string of the molecule is CCNCc1ccccc1-c1ccc(C(C)C)cc1. The summed E-state index contributed by atoms with van der Waals surface area (Å²) in [6.07, 6.45) is 0. The molecule has 0 fully saturated rings. The molecule has 1 N–H and O–H groups in total. The third kappa shape index (κ3) is 3.45. The minimum absolute atomic E-state index is 0.589. The largest absolute Gasteiger partial charge is 0.313 e. The molecule has 0 aliphatic rings. The number of hydrogen-bond acceptors (Lipinski definition) is 1. The highest BCUT2D eigenvalue weighted by Crippen LogP contribution is 2.25. The second-order valence-corrected chi connectivity index (χ2v) is 5.21. The Bertz CT molecular complexity index is 511. The topological polar surface area (TPSA) is 12.0 Å². The van der Waals surface area contributed by atoms with Gasteiger partial charge < -0.3 is 5.32 Å². The van der Waals surface area contributed by atoms with Crippen molar-refractivity contribution in [3.05, 3.63) is 59.7 Å². The molecule has 0 saturated heterocycles. The van der Waals surface area contributed by atoms with Gasteiger partial charge in [0.05, 0.1) is 0 Å². The first kappa shape index (κ1) is 13.8. The van der Waals surface area contributed by atoms with Gasteiger partial charge in [0.15, 0.2) is 0 Å². The zero-order chi connectivity index (χ0) is 13.7. The highest BCUT2D eigenvalue weighted by Gasteiger charge is 2.05. The minimum Gasteiger partial charge on any atom is -0.313 e. The number of nitrogens with one attached hydrogen (secondary N) is 1. The molecule has 0 aromatic heterocycles. The Morgan fingerprint density at radius 1 is 0.947 bits per heavy atom. The first-order valence-electron chi connectivity index (χ1n) is 7.11. The molecule has 0 heterocycles. The Kier molecular flexibility index (Phi) is 4.75. The molecular formula is C18H23N. The van der Waals surface area contributed by atoms with Crippen LogP contribution in [-0.4, -0.2) is 6.54 Å². The molecule has 0 unspecified atom stereocenters. The first-order valence-corrected chi connectivity index (χ1v) is 7.11. The second kappa shape index (κ2) is 6.53. The molecule has 0 amide bonds. The minimum atomic E-state index is 0.589. The third-order valence-electron chi connectivity index (χ3n) is 3.47. The van der Waals surface area contributed by atoms with Crippen LogP contribution in [-0.2, 0) is 6.54 Å². The van der Waals surface area contributed by atoms with E-state index in [9.17, 15) is 0 Å². The second-order valence-electron chi connectivity index (χ2n) is 5.21. The average Bonchev–Trinajstić information content (AvgIpc) is 2.45. The fourth-order valence-corrected chi connectivity index (χ4v) is 2.26. The van der Waals surface area contributed by atoms with E-state index >= 15 is 0 Å². The van der Waals surface area contributed by atoms with Gasteiger partial charge in [0.1, 0.15) is 0 Å². The summed E-state index contributed by atoms with van der Waals surface area (Å²) in [7, 11) is 0. The summed E-state index contributed by atoms with van der Waals surface area (Å²) in [5.74, 6) is 0.589. The fraction of sp³-hybridized carbons (Fsp3) is 0.333. The van der Waals surface area contributed by atoms with Crippen LogP contribution in [0.3, 0.4) is 0 Å². The molecule has 0 atom stereocenters. The normalized spacial score (nSPS) is 10.9. The van der Waals surface area contributed by atoms with Gasteiger partial charge in [-0.05, 0) is 34.7 Å². The van der Waals surface area contributed by atoms with Gasteiger partial charge in [-0.1, -0.05) is 69.3 Å². The summed E-state index contributed by atoms with van der Waals surface area (Å²) >= 11 is 0. The molecule has 0 spiro atoms. The van der Waals surface area contributed by atoms with Crippen LogP contribution in [0.2, 0.25) is 0 Å². The highest BCUT2D eigenvalue weighted by atomic mass is 14.8. The molecule has 0 bridgehead atoms. The van der Waals surface area contributed by atoms with Crippen LogP contribution in [0.1, 0.15) is 37.8 Å². The molecule has 0 aliphatic heterocycles. The van der Waals surface area contributed by atoms with Gasteiger partial charge >= 0.3 is 0 Å². The molecule has 100 valence electrons. The predicted molar refractivity (Wildman–Crippen MR) is 83.3 cm³/mol. The van der Waals surface area contributed by atoms with Gasteiger partial charge in [-0.15, -0.1) is 0 Å². The van der Waals surface area contributed by atoms with Crippen LogP contribution in [0, 0.1) is 0 Å². The summed E-state index contributed by atoms with van der Waals surface area (Å²) in [6, 6.07) is 17.6. The number of rotatable bonds is 5. The summed E-state index contributed by atoms with van der Waals surface area (Å²) in [6.45, 7) is 8.53. The zero-order valence-electron chi connectivity index (χ0n) is 12.1. The van der Waals surface area contributed by atoms with Crippen LogP contribution in [0.4, 0.5) is 0 Å². The maximum Gasteiger partial charge on any atom is 0.0211 e. The van der Waals surface area contributed by atoms with Crippen LogP contribution in [0.15, 0.2) is 48.5 Å². The summed E-state index contributed by atoms with van der Waals surface area (Å²) in [5.41, 5.74) is 5.39. The van der Waals surface area contributed by atoms with Gasteiger partial charge in [0.25, 0.3) is 0 Å². The smallest absolute Gasteiger partial charge is 0.0211 e. The lowest BCUT2D eigenvalue weighted by Gasteiger charge is -2.11. The molecule has 0 saturated carbocycles. The maximum absolute atomic E-state index is 3.40. The quantitative estimate of drug-likeness (QED) is 0.822. The van der Waals surface area contributed by atoms with Crippen molar-refractivity contribution < 1.29 is 0 Å². The number of hydrogen-bond donors (Lipinski definition) is 1. The monoisotopic (exact) mass is 253 g/mol. The van der Waals surface area contributed by atoms with E-state index in [-0.39, 0.29) is 0 Å². The van der Waals surface area contributed by atoms with E-state index in [1.165, 1.54) is 22.3 Å². The highest BCUT2D eigenvalue weighted by molar-refractivity contribution is 5.67. The first-order chi connectivity index (χ1) is 9.22. The van der Waals surface area contributed by atoms with E-state index in [2.05, 4.69) is 74.6 Å². The Morgan fingerprint density at radius 2 is 1.63 bits per heavy atom. The Balaban J connectivity index is 2.30. The Labute approximate surface area is 116 Å². The van der Waals surface area contributed by atoms with Crippen molar-refractivity contribution in [2.24, 2.45) is 0 Å². The van der Waals surface area contributed by atoms with E-state index in [0.29, 0.717) is 5.92 Å². The van der Waals surface area contributed by atoms with Crippen molar-refractivity contribution in [3.63, 3.8) is 0 Å². The summed E-state index contributed by atoms with van der Waals surface area (Å²) in [4.78, 5) is 0. The van der Waals surface area contributed by atoms with E-state index in [1.807, 2.05) is 0 Å². The van der Waals surface area contributed by atoms with Crippen LogP contribution < -0.4 is 5.32 Å². The zero-order valence-corrected chi connectivity index (χ0v) is 12.1. The van der Waals surface area contributed by atoms with E-state index in [4.69, 9.17) is 0 Å². The summed E-state index contributed by atoms with van der Waals surface area (Å²) in [5, 5.41) is 3.40. The lowest BCUT2D eigenvalue weighted by molar-refractivity contribution is 0.728. The van der Waals surface area contributed by atoms with Crippen molar-refractivity contribution in [1.82, 2.24) is 5.32 Å². The third-order valence-corrected chi connectivity index (χ3v) is 3.47. The standard InChI is InChI=1S/C18H23N/c1-4-19-13-17-7-5-6-8-18(17)16-11-9-15(10-12-16)14(2)3/h5-12,14,19H,4,13H2,1-3H3. The van der Waals surface area contributed by atoms with Crippen LogP contribution in [0.25, 0.3) is 11.1 Å². The maximum atomic E-state index is 3.40. The molecule has 2 rings (SSSR count).